The molecule has 3 aromatic rings. The van der Waals surface area contributed by atoms with Crippen LogP contribution < -0.4 is 5.56 Å². The quantitative estimate of drug-likeness (QED) is 0.762. The Morgan fingerprint density at radius 3 is 2.33 bits per heavy atom. The Hall–Kier alpha value is -3.48. The number of fused-ring (bicyclic) bond motifs is 1. The van der Waals surface area contributed by atoms with Gasteiger partial charge in [-0.15, -0.1) is 0 Å². The first-order valence-electron chi connectivity index (χ1n) is 8.64. The fraction of sp³-hybridized carbons (Fsp3) is 0.200. The molecule has 1 saturated heterocycles. The number of likely N-dealkylation sites (tertiary alicyclic amines) is 1. The van der Waals surface area contributed by atoms with Crippen molar-refractivity contribution >= 4 is 22.6 Å². The van der Waals surface area contributed by atoms with E-state index in [2.05, 4.69) is 5.10 Å². The Balaban J connectivity index is 1.77. The van der Waals surface area contributed by atoms with Crippen molar-refractivity contribution in [3.63, 3.8) is 0 Å². The first-order chi connectivity index (χ1) is 13.1. The predicted octanol–water partition coefficient (Wildman–Crippen LogP) is 1.75. The zero-order chi connectivity index (χ0) is 19.0. The van der Waals surface area contributed by atoms with Gasteiger partial charge in [-0.1, -0.05) is 48.5 Å². The first kappa shape index (κ1) is 17.0. The van der Waals surface area contributed by atoms with Crippen LogP contribution in [-0.2, 0) is 16.1 Å². The Bertz CT molecular complexity index is 1090. The van der Waals surface area contributed by atoms with Crippen molar-refractivity contribution in [3.05, 3.63) is 65.0 Å². The van der Waals surface area contributed by atoms with Gasteiger partial charge in [0.05, 0.1) is 11.1 Å². The van der Waals surface area contributed by atoms with Crippen molar-refractivity contribution in [3.8, 4) is 11.3 Å². The molecular weight excluding hydrogens is 346 g/mol. The van der Waals surface area contributed by atoms with Gasteiger partial charge in [-0.05, 0) is 12.5 Å². The van der Waals surface area contributed by atoms with Crippen LogP contribution in [0.4, 0.5) is 0 Å². The third-order valence-electron chi connectivity index (χ3n) is 4.83. The lowest BCUT2D eigenvalue weighted by Crippen LogP contribution is -2.56. The van der Waals surface area contributed by atoms with Crippen LogP contribution in [-0.4, -0.2) is 44.3 Å². The predicted molar refractivity (Wildman–Crippen MR) is 99.2 cm³/mol. The second-order valence-electron chi connectivity index (χ2n) is 6.45. The molecule has 1 fully saturated rings. The lowest BCUT2D eigenvalue weighted by molar-refractivity contribution is -0.157. The van der Waals surface area contributed by atoms with E-state index >= 15 is 0 Å². The average Bonchev–Trinajstić information content (AvgIpc) is 2.63. The molecular formula is C20H17N3O4. The molecule has 7 nitrogen and oxygen atoms in total. The van der Waals surface area contributed by atoms with Gasteiger partial charge in [-0.3, -0.25) is 9.59 Å². The number of carbonyl (C=O) groups is 2. The topological polar surface area (TPSA) is 92.5 Å². The number of carbonyl (C=O) groups excluding carboxylic acids is 1. The summed E-state index contributed by atoms with van der Waals surface area (Å²) in [7, 11) is 0. The lowest BCUT2D eigenvalue weighted by atomic mass is 10.0. The van der Waals surface area contributed by atoms with Crippen LogP contribution in [0.15, 0.2) is 59.4 Å². The summed E-state index contributed by atoms with van der Waals surface area (Å²) in [4.78, 5) is 37.7. The third kappa shape index (κ3) is 2.97. The molecule has 1 atom stereocenters. The number of nitrogens with zero attached hydrogens (tertiary/aromatic N) is 3. The molecule has 0 unspecified atom stereocenters. The van der Waals surface area contributed by atoms with E-state index in [1.54, 1.807) is 12.1 Å². The SMILES string of the molecule is O=C(O)[C@@H]1CCN1C(=O)Cn1nc(-c2ccccc2)c2ccccc2c1=O. The Labute approximate surface area is 154 Å². The van der Waals surface area contributed by atoms with Crippen LogP contribution in [0, 0.1) is 0 Å². The molecule has 7 heteroatoms. The zero-order valence-electron chi connectivity index (χ0n) is 14.4. The molecule has 1 aliphatic rings. The Morgan fingerprint density at radius 1 is 1.04 bits per heavy atom. The maximum absolute atomic E-state index is 12.8. The number of hydrogen-bond donors (Lipinski definition) is 1. The van der Waals surface area contributed by atoms with Crippen LogP contribution in [0.5, 0.6) is 0 Å². The molecule has 27 heavy (non-hydrogen) atoms. The van der Waals surface area contributed by atoms with E-state index in [0.29, 0.717) is 29.4 Å². The van der Waals surface area contributed by atoms with Gasteiger partial charge in [0.1, 0.15) is 12.6 Å². The van der Waals surface area contributed by atoms with Crippen LogP contribution >= 0.6 is 0 Å². The minimum atomic E-state index is -1.03. The molecule has 1 amide bonds. The molecule has 0 spiro atoms. The van der Waals surface area contributed by atoms with Crippen molar-refractivity contribution in [1.82, 2.24) is 14.7 Å². The lowest BCUT2D eigenvalue weighted by Gasteiger charge is -2.37. The Kier molecular flexibility index (Phi) is 4.19. The van der Waals surface area contributed by atoms with Gasteiger partial charge >= 0.3 is 5.97 Å². The van der Waals surface area contributed by atoms with Crippen molar-refractivity contribution < 1.29 is 14.7 Å². The van der Waals surface area contributed by atoms with E-state index in [-0.39, 0.29) is 12.1 Å². The largest absolute Gasteiger partial charge is 0.480 e. The molecule has 2 heterocycles. The maximum atomic E-state index is 12.8. The van der Waals surface area contributed by atoms with E-state index in [4.69, 9.17) is 5.11 Å². The van der Waals surface area contributed by atoms with Gasteiger partial charge in [0.25, 0.3) is 5.56 Å². The van der Waals surface area contributed by atoms with Crippen LogP contribution in [0.1, 0.15) is 6.42 Å². The second kappa shape index (κ2) is 6.68. The minimum absolute atomic E-state index is 0.284. The summed E-state index contributed by atoms with van der Waals surface area (Å²) < 4.78 is 1.13. The van der Waals surface area contributed by atoms with Crippen LogP contribution in [0.2, 0.25) is 0 Å². The van der Waals surface area contributed by atoms with Gasteiger partial charge in [-0.2, -0.15) is 5.10 Å². The van der Waals surface area contributed by atoms with Crippen LogP contribution in [0.25, 0.3) is 22.0 Å². The smallest absolute Gasteiger partial charge is 0.326 e. The van der Waals surface area contributed by atoms with E-state index in [9.17, 15) is 14.4 Å². The minimum Gasteiger partial charge on any atom is -0.480 e. The fourth-order valence-electron chi connectivity index (χ4n) is 3.31. The molecule has 4 rings (SSSR count). The van der Waals surface area contributed by atoms with E-state index in [1.807, 2.05) is 42.5 Å². The normalized spacial score (nSPS) is 16.1. The maximum Gasteiger partial charge on any atom is 0.326 e. The molecule has 0 bridgehead atoms. The average molecular weight is 363 g/mol. The molecule has 1 N–H and O–H groups in total. The van der Waals surface area contributed by atoms with Gasteiger partial charge in [-0.25, -0.2) is 9.48 Å². The molecule has 136 valence electrons. The Morgan fingerprint density at radius 2 is 1.70 bits per heavy atom. The second-order valence-corrected chi connectivity index (χ2v) is 6.45. The highest BCUT2D eigenvalue weighted by molar-refractivity contribution is 5.94. The highest BCUT2D eigenvalue weighted by atomic mass is 16.4. The molecule has 1 aromatic heterocycles. The molecule has 2 aromatic carbocycles. The standard InChI is InChI=1S/C20H17N3O4/c24-17(22-11-10-16(22)20(26)27)12-23-19(25)15-9-5-4-8-14(15)18(21-23)13-6-2-1-3-7-13/h1-9,16H,10-12H2,(H,26,27)/t16-/m0/s1. The fourth-order valence-corrected chi connectivity index (χ4v) is 3.31. The van der Waals surface area contributed by atoms with Crippen molar-refractivity contribution in [2.45, 2.75) is 19.0 Å². The third-order valence-corrected chi connectivity index (χ3v) is 4.83. The highest BCUT2D eigenvalue weighted by Gasteiger charge is 2.37. The summed E-state index contributed by atoms with van der Waals surface area (Å²) in [6.07, 6.45) is 0.427. The zero-order valence-corrected chi connectivity index (χ0v) is 14.4. The van der Waals surface area contributed by atoms with Gasteiger partial charge < -0.3 is 10.0 Å². The van der Waals surface area contributed by atoms with Crippen LogP contribution in [0.3, 0.4) is 0 Å². The summed E-state index contributed by atoms with van der Waals surface area (Å²) in [6, 6.07) is 15.7. The van der Waals surface area contributed by atoms with Crippen molar-refractivity contribution in [2.24, 2.45) is 0 Å². The highest BCUT2D eigenvalue weighted by Crippen LogP contribution is 2.24. The number of hydrogen-bond acceptors (Lipinski definition) is 4. The monoisotopic (exact) mass is 363 g/mol. The van der Waals surface area contributed by atoms with Crippen molar-refractivity contribution in [1.29, 1.82) is 0 Å². The van der Waals surface area contributed by atoms with Gasteiger partial charge in [0, 0.05) is 17.5 Å². The summed E-state index contributed by atoms with van der Waals surface area (Å²) >= 11 is 0. The first-order valence-corrected chi connectivity index (χ1v) is 8.64. The van der Waals surface area contributed by atoms with E-state index < -0.39 is 17.9 Å². The number of amides is 1. The number of aromatic nitrogens is 2. The number of carboxylic acid groups (broad SMARTS) is 1. The molecule has 0 saturated carbocycles. The number of carboxylic acids is 1. The molecule has 0 radical (unpaired) electrons. The van der Waals surface area contributed by atoms with Crippen molar-refractivity contribution in [2.75, 3.05) is 6.54 Å². The summed E-state index contributed by atoms with van der Waals surface area (Å²) in [5.74, 6) is -1.45. The van der Waals surface area contributed by atoms with Gasteiger partial charge in [0.15, 0.2) is 0 Å². The van der Waals surface area contributed by atoms with E-state index in [1.165, 1.54) is 4.90 Å². The van der Waals surface area contributed by atoms with Gasteiger partial charge in [0.2, 0.25) is 5.91 Å². The number of aliphatic carboxylic acids is 1. The molecule has 0 aliphatic carbocycles. The summed E-state index contributed by atoms with van der Waals surface area (Å²) in [5.41, 5.74) is 1.07. The number of benzene rings is 2. The summed E-state index contributed by atoms with van der Waals surface area (Å²) in [6.45, 7) is 0.0942. The number of rotatable bonds is 4. The van der Waals surface area contributed by atoms with E-state index in [0.717, 1.165) is 10.2 Å². The summed E-state index contributed by atoms with van der Waals surface area (Å²) in [5, 5.41) is 14.7. The molecule has 1 aliphatic heterocycles.